The summed E-state index contributed by atoms with van der Waals surface area (Å²) in [7, 11) is 5.21. The van der Waals surface area contributed by atoms with Gasteiger partial charge in [-0.1, -0.05) is 6.92 Å². The van der Waals surface area contributed by atoms with Crippen LogP contribution in [0.25, 0.3) is 11.3 Å². The fourth-order valence-electron chi connectivity index (χ4n) is 2.84. The number of aryl methyl sites for hydroxylation is 2. The number of aromatic nitrogens is 3. The molecule has 0 radical (unpaired) electrons. The first-order valence-corrected chi connectivity index (χ1v) is 9.48. The SMILES string of the molecule is CCc1sc(NC(=O)C(NC)c2cnn(C)c2)nc1-c1ccc(OC)cc1.Cl. The third kappa shape index (κ3) is 4.70. The topological polar surface area (TPSA) is 81.1 Å². The Morgan fingerprint density at radius 2 is 2.04 bits per heavy atom. The van der Waals surface area contributed by atoms with Gasteiger partial charge in [0, 0.05) is 29.2 Å². The van der Waals surface area contributed by atoms with Crippen LogP contribution in [0.4, 0.5) is 5.13 Å². The Morgan fingerprint density at radius 1 is 1.32 bits per heavy atom. The molecule has 0 aliphatic rings. The molecule has 0 saturated carbocycles. The third-order valence-corrected chi connectivity index (χ3v) is 5.34. The van der Waals surface area contributed by atoms with Gasteiger partial charge in [0.1, 0.15) is 11.8 Å². The quantitative estimate of drug-likeness (QED) is 0.610. The van der Waals surface area contributed by atoms with E-state index in [1.807, 2.05) is 37.5 Å². The van der Waals surface area contributed by atoms with Gasteiger partial charge in [0.15, 0.2) is 5.13 Å². The maximum atomic E-state index is 12.7. The van der Waals surface area contributed by atoms with E-state index in [1.54, 1.807) is 25.0 Å². The van der Waals surface area contributed by atoms with Gasteiger partial charge < -0.3 is 15.4 Å². The second-order valence-electron chi connectivity index (χ2n) is 6.03. The van der Waals surface area contributed by atoms with Crippen molar-refractivity contribution in [2.45, 2.75) is 19.4 Å². The number of anilines is 1. The number of halogens is 1. The fraction of sp³-hybridized carbons (Fsp3) is 0.316. The van der Waals surface area contributed by atoms with E-state index < -0.39 is 6.04 Å². The van der Waals surface area contributed by atoms with Gasteiger partial charge in [0.05, 0.1) is 19.0 Å². The summed E-state index contributed by atoms with van der Waals surface area (Å²) in [5, 5.41) is 10.7. The summed E-state index contributed by atoms with van der Waals surface area (Å²) in [4.78, 5) is 18.5. The largest absolute Gasteiger partial charge is 0.497 e. The average Bonchev–Trinajstić information content (AvgIpc) is 3.28. The number of thiazole rings is 1. The van der Waals surface area contributed by atoms with Gasteiger partial charge in [-0.15, -0.1) is 23.7 Å². The van der Waals surface area contributed by atoms with Crippen LogP contribution in [0.3, 0.4) is 0 Å². The number of amides is 1. The Balaban J connectivity index is 0.00000280. The molecule has 2 heterocycles. The van der Waals surface area contributed by atoms with E-state index >= 15 is 0 Å². The Labute approximate surface area is 174 Å². The lowest BCUT2D eigenvalue weighted by Crippen LogP contribution is -2.30. The highest BCUT2D eigenvalue weighted by Gasteiger charge is 2.22. The molecular formula is C19H24ClN5O2S. The predicted octanol–water partition coefficient (Wildman–Crippen LogP) is 3.44. The molecule has 0 aliphatic heterocycles. The van der Waals surface area contributed by atoms with Crippen molar-refractivity contribution in [2.24, 2.45) is 7.05 Å². The molecule has 1 aromatic carbocycles. The van der Waals surface area contributed by atoms with Crippen molar-refractivity contribution in [3.05, 3.63) is 47.1 Å². The third-order valence-electron chi connectivity index (χ3n) is 4.22. The number of methoxy groups -OCH3 is 1. The van der Waals surface area contributed by atoms with Crippen molar-refractivity contribution < 1.29 is 9.53 Å². The maximum absolute atomic E-state index is 12.7. The van der Waals surface area contributed by atoms with Gasteiger partial charge in [-0.2, -0.15) is 5.10 Å². The minimum absolute atomic E-state index is 0. The van der Waals surface area contributed by atoms with Crippen LogP contribution in [-0.2, 0) is 18.3 Å². The van der Waals surface area contributed by atoms with Gasteiger partial charge in [-0.25, -0.2) is 4.98 Å². The van der Waals surface area contributed by atoms with Gasteiger partial charge >= 0.3 is 0 Å². The normalized spacial score (nSPS) is 11.6. The summed E-state index contributed by atoms with van der Waals surface area (Å²) < 4.78 is 6.89. The van der Waals surface area contributed by atoms with Crippen LogP contribution in [0, 0.1) is 0 Å². The molecule has 0 aliphatic carbocycles. The number of carbonyl (C=O) groups excluding carboxylic acids is 1. The van der Waals surface area contributed by atoms with Gasteiger partial charge in [0.2, 0.25) is 5.91 Å². The molecule has 9 heteroatoms. The maximum Gasteiger partial charge on any atom is 0.247 e. The number of ether oxygens (including phenoxy) is 1. The molecule has 0 bridgehead atoms. The van der Waals surface area contributed by atoms with E-state index in [1.165, 1.54) is 11.3 Å². The summed E-state index contributed by atoms with van der Waals surface area (Å²) in [5.74, 6) is 0.636. The summed E-state index contributed by atoms with van der Waals surface area (Å²) in [5.41, 5.74) is 2.70. The van der Waals surface area contributed by atoms with Crippen LogP contribution in [0.2, 0.25) is 0 Å². The Kier molecular flexibility index (Phi) is 7.56. The van der Waals surface area contributed by atoms with Crippen LogP contribution >= 0.6 is 23.7 Å². The standard InChI is InChI=1S/C19H23N5O2S.ClH/c1-5-15-16(12-6-8-14(26-4)9-7-12)22-19(27-15)23-18(25)17(20-2)13-10-21-24(3)11-13;/h6-11,17,20H,5H2,1-4H3,(H,22,23,25);1H. The zero-order chi connectivity index (χ0) is 19.4. The Morgan fingerprint density at radius 3 is 2.57 bits per heavy atom. The number of nitrogens with zero attached hydrogens (tertiary/aromatic N) is 3. The minimum atomic E-state index is -0.489. The van der Waals surface area contributed by atoms with Crippen molar-refractivity contribution >= 4 is 34.8 Å². The molecule has 1 amide bonds. The minimum Gasteiger partial charge on any atom is -0.497 e. The van der Waals surface area contributed by atoms with Gasteiger partial charge in [-0.3, -0.25) is 9.48 Å². The highest BCUT2D eigenvalue weighted by molar-refractivity contribution is 7.16. The van der Waals surface area contributed by atoms with Crippen LogP contribution < -0.4 is 15.4 Å². The second-order valence-corrected chi connectivity index (χ2v) is 7.11. The molecule has 2 aromatic heterocycles. The zero-order valence-electron chi connectivity index (χ0n) is 16.2. The van der Waals surface area contributed by atoms with Crippen molar-refractivity contribution in [3.8, 4) is 17.0 Å². The lowest BCUT2D eigenvalue weighted by atomic mass is 10.1. The lowest BCUT2D eigenvalue weighted by Gasteiger charge is -2.12. The molecule has 3 aromatic rings. The summed E-state index contributed by atoms with van der Waals surface area (Å²) in [6, 6.07) is 7.28. The van der Waals surface area contributed by atoms with Crippen LogP contribution in [0.5, 0.6) is 5.75 Å². The van der Waals surface area contributed by atoms with Gasteiger partial charge in [0.25, 0.3) is 0 Å². The molecule has 0 fully saturated rings. The molecule has 0 saturated heterocycles. The molecule has 0 spiro atoms. The number of rotatable bonds is 7. The Bertz CT molecular complexity index is 923. The smallest absolute Gasteiger partial charge is 0.247 e. The first kappa shape index (κ1) is 21.9. The molecule has 1 atom stereocenters. The van der Waals surface area contributed by atoms with Crippen LogP contribution in [-0.4, -0.2) is 34.8 Å². The molecule has 3 rings (SSSR count). The molecule has 28 heavy (non-hydrogen) atoms. The zero-order valence-corrected chi connectivity index (χ0v) is 17.9. The highest BCUT2D eigenvalue weighted by atomic mass is 35.5. The fourth-order valence-corrected chi connectivity index (χ4v) is 3.76. The number of benzene rings is 1. The first-order chi connectivity index (χ1) is 13.0. The van der Waals surface area contributed by atoms with E-state index in [2.05, 4.69) is 27.6 Å². The number of nitrogens with one attached hydrogen (secondary N) is 2. The number of hydrogen-bond acceptors (Lipinski definition) is 6. The molecule has 1 unspecified atom stereocenters. The second kappa shape index (κ2) is 9.68. The van der Waals surface area contributed by atoms with Crippen molar-refractivity contribution in [1.29, 1.82) is 0 Å². The predicted molar refractivity (Wildman–Crippen MR) is 114 cm³/mol. The van der Waals surface area contributed by atoms with E-state index in [4.69, 9.17) is 4.74 Å². The van der Waals surface area contributed by atoms with E-state index in [-0.39, 0.29) is 18.3 Å². The van der Waals surface area contributed by atoms with Gasteiger partial charge in [-0.05, 0) is 37.7 Å². The van der Waals surface area contributed by atoms with E-state index in [0.29, 0.717) is 5.13 Å². The lowest BCUT2D eigenvalue weighted by molar-refractivity contribution is -0.118. The summed E-state index contributed by atoms with van der Waals surface area (Å²) >= 11 is 1.50. The van der Waals surface area contributed by atoms with Crippen molar-refractivity contribution in [3.63, 3.8) is 0 Å². The van der Waals surface area contributed by atoms with E-state index in [9.17, 15) is 4.79 Å². The van der Waals surface area contributed by atoms with Crippen LogP contribution in [0.15, 0.2) is 36.7 Å². The highest BCUT2D eigenvalue weighted by Crippen LogP contribution is 2.32. The Hall–Kier alpha value is -2.42. The number of carbonyl (C=O) groups is 1. The van der Waals surface area contributed by atoms with Crippen LogP contribution in [0.1, 0.15) is 23.4 Å². The monoisotopic (exact) mass is 421 g/mol. The number of hydrogen-bond donors (Lipinski definition) is 2. The molecule has 7 nitrogen and oxygen atoms in total. The number of likely N-dealkylation sites (N-methyl/N-ethyl adjacent to an activating group) is 1. The van der Waals surface area contributed by atoms with Crippen molar-refractivity contribution in [1.82, 2.24) is 20.1 Å². The molecule has 150 valence electrons. The summed E-state index contributed by atoms with van der Waals surface area (Å²) in [6.45, 7) is 2.08. The average molecular weight is 422 g/mol. The molecular weight excluding hydrogens is 398 g/mol. The van der Waals surface area contributed by atoms with E-state index in [0.717, 1.165) is 33.9 Å². The molecule has 2 N–H and O–H groups in total. The summed E-state index contributed by atoms with van der Waals surface area (Å²) in [6.07, 6.45) is 4.35. The first-order valence-electron chi connectivity index (χ1n) is 8.66. The van der Waals surface area contributed by atoms with Crippen molar-refractivity contribution in [2.75, 3.05) is 19.5 Å².